The molecule has 0 aromatic heterocycles. The van der Waals surface area contributed by atoms with Crippen molar-refractivity contribution >= 4 is 34.7 Å². The van der Waals surface area contributed by atoms with Crippen LogP contribution in [0.2, 0.25) is 5.02 Å². The lowest BCUT2D eigenvalue weighted by molar-refractivity contribution is -0.130. The number of benzene rings is 1. The number of halogens is 1. The highest BCUT2D eigenvalue weighted by Gasteiger charge is 2.09. The van der Waals surface area contributed by atoms with Crippen molar-refractivity contribution in [2.45, 2.75) is 26.2 Å². The largest absolute Gasteiger partial charge is 0.493 e. The maximum Gasteiger partial charge on any atom is 0.225 e. The van der Waals surface area contributed by atoms with Crippen molar-refractivity contribution in [1.82, 2.24) is 4.90 Å². The van der Waals surface area contributed by atoms with Crippen LogP contribution in [0.4, 0.5) is 0 Å². The van der Waals surface area contributed by atoms with Gasteiger partial charge in [-0.05, 0) is 30.2 Å². The van der Waals surface area contributed by atoms with Crippen LogP contribution in [0.15, 0.2) is 18.2 Å². The van der Waals surface area contributed by atoms with Crippen molar-refractivity contribution in [3.05, 3.63) is 28.8 Å². The Balaban J connectivity index is 2.39. The summed E-state index contributed by atoms with van der Waals surface area (Å²) in [6, 6.07) is 5.53. The Morgan fingerprint density at radius 2 is 2.14 bits per heavy atom. The lowest BCUT2D eigenvalue weighted by atomic mass is 10.1. The number of carbonyl (C=O) groups excluding carboxylic acids is 1. The summed E-state index contributed by atoms with van der Waals surface area (Å²) in [5, 5.41) is 0.735. The molecule has 0 saturated heterocycles. The third-order valence-electron chi connectivity index (χ3n) is 3.10. The highest BCUT2D eigenvalue weighted by atomic mass is 35.5. The molecule has 0 saturated carbocycles. The molecule has 1 aromatic rings. The molecule has 4 nitrogen and oxygen atoms in total. The van der Waals surface area contributed by atoms with E-state index in [1.807, 2.05) is 25.1 Å². The van der Waals surface area contributed by atoms with Crippen LogP contribution in [0, 0.1) is 0 Å². The van der Waals surface area contributed by atoms with Crippen molar-refractivity contribution in [2.24, 2.45) is 5.73 Å². The summed E-state index contributed by atoms with van der Waals surface area (Å²) in [5.74, 6) is 0.741. The predicted octanol–water partition coefficient (Wildman–Crippen LogP) is 2.81. The van der Waals surface area contributed by atoms with E-state index < -0.39 is 0 Å². The van der Waals surface area contributed by atoms with E-state index >= 15 is 0 Å². The molecule has 0 radical (unpaired) electrons. The second-order valence-corrected chi connectivity index (χ2v) is 5.67. The van der Waals surface area contributed by atoms with Crippen LogP contribution in [0.25, 0.3) is 0 Å². The fraction of sp³-hybridized carbons (Fsp3) is 0.467. The van der Waals surface area contributed by atoms with Gasteiger partial charge in [0, 0.05) is 25.0 Å². The molecule has 116 valence electrons. The monoisotopic (exact) mass is 328 g/mol. The average Bonchev–Trinajstić information content (AvgIpc) is 2.46. The topological polar surface area (TPSA) is 55.6 Å². The molecule has 0 spiro atoms. The number of hydrogen-bond donors (Lipinski definition) is 1. The van der Waals surface area contributed by atoms with E-state index in [0.29, 0.717) is 31.0 Å². The van der Waals surface area contributed by atoms with Crippen molar-refractivity contribution in [3.63, 3.8) is 0 Å². The van der Waals surface area contributed by atoms with Crippen LogP contribution in [-0.4, -0.2) is 36.0 Å². The number of nitrogens with two attached hydrogens (primary N) is 1. The Bertz CT molecular complexity index is 508. The number of rotatable bonds is 8. The van der Waals surface area contributed by atoms with Crippen molar-refractivity contribution in [3.8, 4) is 5.75 Å². The molecule has 1 amide bonds. The quantitative estimate of drug-likeness (QED) is 0.746. The fourth-order valence-electron chi connectivity index (χ4n) is 1.76. The molecule has 1 rings (SSSR count). The summed E-state index contributed by atoms with van der Waals surface area (Å²) in [6.07, 6.45) is 1.70. The maximum atomic E-state index is 11.9. The lowest BCUT2D eigenvalue weighted by Crippen LogP contribution is -2.30. The first-order valence-electron chi connectivity index (χ1n) is 6.87. The van der Waals surface area contributed by atoms with Crippen LogP contribution in [-0.2, 0) is 11.2 Å². The maximum absolute atomic E-state index is 11.9. The zero-order valence-corrected chi connectivity index (χ0v) is 14.0. The van der Waals surface area contributed by atoms with E-state index in [2.05, 4.69) is 0 Å². The van der Waals surface area contributed by atoms with Gasteiger partial charge in [0.25, 0.3) is 0 Å². The summed E-state index contributed by atoms with van der Waals surface area (Å²) >= 11 is 10.8. The first-order valence-corrected chi connectivity index (χ1v) is 7.66. The highest BCUT2D eigenvalue weighted by molar-refractivity contribution is 7.80. The molecule has 0 atom stereocenters. The van der Waals surface area contributed by atoms with E-state index in [0.717, 1.165) is 22.8 Å². The van der Waals surface area contributed by atoms with Crippen LogP contribution in [0.3, 0.4) is 0 Å². The summed E-state index contributed by atoms with van der Waals surface area (Å²) in [7, 11) is 1.73. The van der Waals surface area contributed by atoms with Gasteiger partial charge in [0.05, 0.1) is 18.0 Å². The number of aryl methyl sites for hydroxylation is 1. The van der Waals surface area contributed by atoms with Crippen molar-refractivity contribution in [2.75, 3.05) is 20.2 Å². The normalized spacial score (nSPS) is 10.2. The van der Waals surface area contributed by atoms with Crippen LogP contribution >= 0.6 is 23.8 Å². The molecule has 0 unspecified atom stereocenters. The molecular formula is C15H21ClN2O2S. The number of carbonyl (C=O) groups is 1. The molecule has 21 heavy (non-hydrogen) atoms. The molecule has 2 N–H and O–H groups in total. The first kappa shape index (κ1) is 17.7. The van der Waals surface area contributed by atoms with E-state index in [4.69, 9.17) is 34.3 Å². The van der Waals surface area contributed by atoms with Crippen LogP contribution in [0.5, 0.6) is 5.75 Å². The molecule has 0 fully saturated rings. The minimum absolute atomic E-state index is 0.0101. The first-order chi connectivity index (χ1) is 9.93. The molecule has 0 aliphatic rings. The van der Waals surface area contributed by atoms with Gasteiger partial charge in [-0.1, -0.05) is 30.7 Å². The standard InChI is InChI=1S/C15H21ClN2O2S/c1-3-11-10-12(4-5-13(11)16)20-9-7-15(19)18(2)8-6-14(17)21/h4-5,10H,3,6-9H2,1-2H3,(H2,17,21). The van der Waals surface area contributed by atoms with Gasteiger partial charge in [0.1, 0.15) is 5.75 Å². The minimum Gasteiger partial charge on any atom is -0.493 e. The second kappa shape index (κ2) is 8.85. The molecule has 0 bridgehead atoms. The summed E-state index contributed by atoms with van der Waals surface area (Å²) < 4.78 is 5.59. The number of thiocarbonyl (C=S) groups is 1. The van der Waals surface area contributed by atoms with Gasteiger partial charge in [0.15, 0.2) is 0 Å². The molecular weight excluding hydrogens is 308 g/mol. The molecule has 1 aromatic carbocycles. The van der Waals surface area contributed by atoms with E-state index in [1.165, 1.54) is 0 Å². The molecule has 0 aliphatic carbocycles. The van der Waals surface area contributed by atoms with Gasteiger partial charge in [-0.3, -0.25) is 4.79 Å². The summed E-state index contributed by atoms with van der Waals surface area (Å²) in [5.41, 5.74) is 6.45. The minimum atomic E-state index is 0.0101. The average molecular weight is 329 g/mol. The number of amides is 1. The van der Waals surface area contributed by atoms with Crippen molar-refractivity contribution in [1.29, 1.82) is 0 Å². The predicted molar refractivity (Wildman–Crippen MR) is 90.0 cm³/mol. The third kappa shape index (κ3) is 6.31. The van der Waals surface area contributed by atoms with Crippen LogP contribution in [0.1, 0.15) is 25.3 Å². The summed E-state index contributed by atoms with van der Waals surface area (Å²) in [4.78, 5) is 13.9. The Hall–Kier alpha value is -1.33. The Kier molecular flexibility index (Phi) is 7.47. The van der Waals surface area contributed by atoms with Gasteiger partial charge < -0.3 is 15.4 Å². The summed E-state index contributed by atoms with van der Waals surface area (Å²) in [6.45, 7) is 2.90. The van der Waals surface area contributed by atoms with Crippen molar-refractivity contribution < 1.29 is 9.53 Å². The SMILES string of the molecule is CCc1cc(OCCC(=O)N(C)CCC(N)=S)ccc1Cl. The number of hydrogen-bond acceptors (Lipinski definition) is 3. The molecule has 6 heteroatoms. The molecule has 0 aliphatic heterocycles. The molecule has 0 heterocycles. The van der Waals surface area contributed by atoms with Crippen LogP contribution < -0.4 is 10.5 Å². The number of ether oxygens (including phenoxy) is 1. The van der Waals surface area contributed by atoms with Gasteiger partial charge in [0.2, 0.25) is 5.91 Å². The Morgan fingerprint density at radius 1 is 1.43 bits per heavy atom. The number of nitrogens with zero attached hydrogens (tertiary/aromatic N) is 1. The van der Waals surface area contributed by atoms with E-state index in [9.17, 15) is 4.79 Å². The smallest absolute Gasteiger partial charge is 0.225 e. The highest BCUT2D eigenvalue weighted by Crippen LogP contribution is 2.22. The van der Waals surface area contributed by atoms with Gasteiger partial charge in [-0.25, -0.2) is 0 Å². The zero-order chi connectivity index (χ0) is 15.8. The fourth-order valence-corrected chi connectivity index (χ4v) is 2.10. The van der Waals surface area contributed by atoms with E-state index in [-0.39, 0.29) is 5.91 Å². The zero-order valence-electron chi connectivity index (χ0n) is 12.4. The van der Waals surface area contributed by atoms with Gasteiger partial charge in [-0.15, -0.1) is 0 Å². The Morgan fingerprint density at radius 3 is 2.76 bits per heavy atom. The second-order valence-electron chi connectivity index (χ2n) is 4.74. The lowest BCUT2D eigenvalue weighted by Gasteiger charge is -2.17. The third-order valence-corrected chi connectivity index (χ3v) is 3.67. The van der Waals surface area contributed by atoms with Gasteiger partial charge in [-0.2, -0.15) is 0 Å². The van der Waals surface area contributed by atoms with E-state index in [1.54, 1.807) is 11.9 Å². The Labute approximate surface area is 136 Å². The van der Waals surface area contributed by atoms with Gasteiger partial charge >= 0.3 is 0 Å².